The molecular formula is C14H19BO3. The van der Waals surface area contributed by atoms with Gasteiger partial charge in [0.1, 0.15) is 0 Å². The first-order valence-electron chi connectivity index (χ1n) is 8.06. The lowest BCUT2D eigenvalue weighted by molar-refractivity contribution is 0.00578. The van der Waals surface area contributed by atoms with E-state index in [9.17, 15) is 0 Å². The standard InChI is InChI=1S/C14H19BO3/c1-13(2)14(3,4)18-15(17-13)12-6-5-10-8-16-9-11(10)7-12/h5-7H,8-9H2,1-4H3/i8D2,9D2. The molecule has 18 heavy (non-hydrogen) atoms. The van der Waals surface area contributed by atoms with E-state index in [0.717, 1.165) is 0 Å². The summed E-state index contributed by atoms with van der Waals surface area (Å²) in [5.74, 6) is 0. The van der Waals surface area contributed by atoms with Crippen LogP contribution >= 0.6 is 0 Å². The Morgan fingerprint density at radius 1 is 1.06 bits per heavy atom. The molecule has 0 N–H and O–H groups in total. The molecule has 0 atom stereocenters. The van der Waals surface area contributed by atoms with Gasteiger partial charge in [-0.25, -0.2) is 0 Å². The highest BCUT2D eigenvalue weighted by Gasteiger charge is 2.51. The van der Waals surface area contributed by atoms with Crippen molar-refractivity contribution in [3.8, 4) is 0 Å². The summed E-state index contributed by atoms with van der Waals surface area (Å²) in [6, 6.07) is 4.81. The number of hydrogen-bond acceptors (Lipinski definition) is 3. The second-order valence-electron chi connectivity index (χ2n) is 5.70. The molecule has 0 radical (unpaired) electrons. The molecule has 4 heteroatoms. The normalized spacial score (nSPS) is 33.2. The summed E-state index contributed by atoms with van der Waals surface area (Å²) in [6.45, 7) is 3.48. The van der Waals surface area contributed by atoms with Crippen LogP contribution in [0.25, 0.3) is 0 Å². The molecule has 0 unspecified atom stereocenters. The van der Waals surface area contributed by atoms with Crippen LogP contribution in [0.5, 0.6) is 0 Å². The van der Waals surface area contributed by atoms with E-state index < -0.39 is 31.4 Å². The monoisotopic (exact) mass is 250 g/mol. The number of fused-ring (bicyclic) bond motifs is 1. The van der Waals surface area contributed by atoms with Gasteiger partial charge in [-0.05, 0) is 44.3 Å². The summed E-state index contributed by atoms with van der Waals surface area (Å²) in [5, 5.41) is 0. The molecule has 1 saturated heterocycles. The van der Waals surface area contributed by atoms with Crippen LogP contribution in [0.3, 0.4) is 0 Å². The van der Waals surface area contributed by atoms with Crippen molar-refractivity contribution < 1.29 is 19.5 Å². The van der Waals surface area contributed by atoms with Gasteiger partial charge in [-0.15, -0.1) is 0 Å². The highest BCUT2D eigenvalue weighted by molar-refractivity contribution is 6.62. The van der Waals surface area contributed by atoms with Gasteiger partial charge < -0.3 is 14.0 Å². The molecule has 0 bridgehead atoms. The molecular weight excluding hydrogens is 227 g/mol. The quantitative estimate of drug-likeness (QED) is 0.713. The van der Waals surface area contributed by atoms with E-state index >= 15 is 0 Å². The lowest BCUT2D eigenvalue weighted by Crippen LogP contribution is -2.41. The summed E-state index contributed by atoms with van der Waals surface area (Å²) in [6.07, 6.45) is 0. The van der Waals surface area contributed by atoms with Crippen molar-refractivity contribution in [3.63, 3.8) is 0 Å². The molecule has 2 aliphatic rings. The zero-order valence-corrected chi connectivity index (χ0v) is 11.0. The maximum absolute atomic E-state index is 7.87. The summed E-state index contributed by atoms with van der Waals surface area (Å²) >= 11 is 0. The van der Waals surface area contributed by atoms with Gasteiger partial charge >= 0.3 is 7.12 Å². The number of rotatable bonds is 1. The molecule has 0 aromatic heterocycles. The Kier molecular flexibility index (Phi) is 1.78. The van der Waals surface area contributed by atoms with Crippen LogP contribution in [-0.4, -0.2) is 18.3 Å². The molecule has 0 saturated carbocycles. The molecule has 0 spiro atoms. The number of ether oxygens (including phenoxy) is 1. The van der Waals surface area contributed by atoms with Gasteiger partial charge in [0.25, 0.3) is 0 Å². The first-order valence-corrected chi connectivity index (χ1v) is 6.06. The first-order chi connectivity index (χ1) is 9.86. The van der Waals surface area contributed by atoms with Gasteiger partial charge in [-0.2, -0.15) is 0 Å². The van der Waals surface area contributed by atoms with Crippen molar-refractivity contribution >= 4 is 12.6 Å². The molecule has 1 fully saturated rings. The average molecular weight is 250 g/mol. The van der Waals surface area contributed by atoms with E-state index in [-0.39, 0.29) is 11.1 Å². The van der Waals surface area contributed by atoms with Crippen LogP contribution in [0.2, 0.25) is 0 Å². The van der Waals surface area contributed by atoms with Crippen LogP contribution in [0.15, 0.2) is 18.2 Å². The van der Waals surface area contributed by atoms with E-state index in [2.05, 4.69) is 0 Å². The third-order valence-electron chi connectivity index (χ3n) is 3.89. The van der Waals surface area contributed by atoms with Crippen molar-refractivity contribution in [2.75, 3.05) is 0 Å². The fourth-order valence-electron chi connectivity index (χ4n) is 2.00. The molecule has 2 aliphatic heterocycles. The molecule has 3 rings (SSSR count). The Bertz CT molecular complexity index is 615. The summed E-state index contributed by atoms with van der Waals surface area (Å²) in [5.41, 5.74) is 0.0757. The van der Waals surface area contributed by atoms with Crippen molar-refractivity contribution in [2.24, 2.45) is 0 Å². The fourth-order valence-corrected chi connectivity index (χ4v) is 2.00. The minimum atomic E-state index is -2.17. The molecule has 1 aromatic carbocycles. The highest BCUT2D eigenvalue weighted by atomic mass is 16.7. The smallest absolute Gasteiger partial charge is 0.399 e. The highest BCUT2D eigenvalue weighted by Crippen LogP contribution is 2.36. The minimum absolute atomic E-state index is 0.185. The van der Waals surface area contributed by atoms with Crippen LogP contribution in [0, 0.1) is 0 Å². The van der Waals surface area contributed by atoms with Crippen LogP contribution in [0.1, 0.15) is 44.3 Å². The Labute approximate surface area is 114 Å². The number of benzene rings is 1. The van der Waals surface area contributed by atoms with E-state index in [1.54, 1.807) is 18.2 Å². The van der Waals surface area contributed by atoms with Crippen LogP contribution < -0.4 is 5.46 Å². The Hall–Kier alpha value is -0.835. The van der Waals surface area contributed by atoms with Gasteiger partial charge in [0.2, 0.25) is 0 Å². The largest absolute Gasteiger partial charge is 0.494 e. The van der Waals surface area contributed by atoms with E-state index in [1.807, 2.05) is 27.7 Å². The third-order valence-corrected chi connectivity index (χ3v) is 3.89. The van der Waals surface area contributed by atoms with Gasteiger partial charge in [0, 0.05) is 0 Å². The zero-order valence-electron chi connectivity index (χ0n) is 15.0. The second-order valence-corrected chi connectivity index (χ2v) is 5.70. The van der Waals surface area contributed by atoms with Crippen LogP contribution in [-0.2, 0) is 27.2 Å². The predicted molar refractivity (Wildman–Crippen MR) is 70.7 cm³/mol. The second kappa shape index (κ2) is 3.83. The Morgan fingerprint density at radius 3 is 2.33 bits per heavy atom. The molecule has 1 aromatic rings. The zero-order chi connectivity index (χ0) is 16.6. The molecule has 96 valence electrons. The van der Waals surface area contributed by atoms with Crippen molar-refractivity contribution in [1.82, 2.24) is 0 Å². The average Bonchev–Trinajstić information content (AvgIpc) is 2.67. The predicted octanol–water partition coefficient (Wildman–Crippen LogP) is 2.02. The Morgan fingerprint density at radius 2 is 1.67 bits per heavy atom. The third kappa shape index (κ3) is 1.80. The van der Waals surface area contributed by atoms with E-state index in [1.165, 1.54) is 0 Å². The van der Waals surface area contributed by atoms with Crippen molar-refractivity contribution in [2.45, 2.75) is 52.0 Å². The molecule has 0 amide bonds. The molecule has 2 heterocycles. The van der Waals surface area contributed by atoms with Crippen molar-refractivity contribution in [1.29, 1.82) is 0 Å². The van der Waals surface area contributed by atoms with E-state index in [4.69, 9.17) is 19.5 Å². The molecule has 3 nitrogen and oxygen atoms in total. The van der Waals surface area contributed by atoms with Gasteiger partial charge in [-0.3, -0.25) is 0 Å². The van der Waals surface area contributed by atoms with Crippen molar-refractivity contribution in [3.05, 3.63) is 29.3 Å². The summed E-state index contributed by atoms with van der Waals surface area (Å²) in [4.78, 5) is 0. The first kappa shape index (κ1) is 8.36. The van der Waals surface area contributed by atoms with Gasteiger partial charge in [0.05, 0.1) is 29.8 Å². The van der Waals surface area contributed by atoms with E-state index in [0.29, 0.717) is 5.46 Å². The maximum atomic E-state index is 7.87. The maximum Gasteiger partial charge on any atom is 0.494 e. The fraction of sp³-hybridized carbons (Fsp3) is 0.571. The summed E-state index contributed by atoms with van der Waals surface area (Å²) in [7, 11) is -0.613. The lowest BCUT2D eigenvalue weighted by Gasteiger charge is -2.32. The minimum Gasteiger partial charge on any atom is -0.399 e. The Balaban J connectivity index is 2.00. The summed E-state index contributed by atoms with van der Waals surface area (Å²) < 4.78 is 48.1. The SMILES string of the molecule is [2H]C1([2H])OC([2H])([2H])c2cc(B3OC(C)(C)C(C)(C)O3)ccc21. The van der Waals surface area contributed by atoms with Crippen LogP contribution in [0.4, 0.5) is 0 Å². The van der Waals surface area contributed by atoms with Gasteiger partial charge in [-0.1, -0.05) is 18.2 Å². The van der Waals surface area contributed by atoms with Gasteiger partial charge in [0.15, 0.2) is 0 Å². The lowest BCUT2D eigenvalue weighted by atomic mass is 9.78. The number of hydrogen-bond donors (Lipinski definition) is 0. The molecule has 0 aliphatic carbocycles. The topological polar surface area (TPSA) is 27.7 Å².